The van der Waals surface area contributed by atoms with Gasteiger partial charge in [0, 0.05) is 30.6 Å². The second-order valence-corrected chi connectivity index (χ2v) is 6.45. The minimum Gasteiger partial charge on any atom is -0.383 e. The molecule has 3 N–H and O–H groups in total. The van der Waals surface area contributed by atoms with Crippen LogP contribution in [0.2, 0.25) is 0 Å². The zero-order valence-corrected chi connectivity index (χ0v) is 17.0. The second-order valence-electron chi connectivity index (χ2n) is 6.45. The molecule has 0 atom stereocenters. The summed E-state index contributed by atoms with van der Waals surface area (Å²) in [5, 5.41) is 12.6. The highest BCUT2D eigenvalue weighted by Gasteiger charge is 2.08. The molecule has 0 aliphatic heterocycles. The topological polar surface area (TPSA) is 123 Å². The molecule has 0 saturated carbocycles. The Labute approximate surface area is 179 Å². The zero-order valence-electron chi connectivity index (χ0n) is 17.0. The molecule has 0 aliphatic rings. The highest BCUT2D eigenvalue weighted by atomic mass is 16.5. The average Bonchev–Trinajstić information content (AvgIpc) is 3.23. The van der Waals surface area contributed by atoms with Gasteiger partial charge in [0.1, 0.15) is 12.1 Å². The number of carbonyl (C=O) groups is 2. The maximum absolute atomic E-state index is 12.0. The third-order valence-corrected chi connectivity index (χ3v) is 4.15. The van der Waals surface area contributed by atoms with Crippen LogP contribution in [-0.2, 0) is 20.9 Å². The van der Waals surface area contributed by atoms with E-state index in [0.717, 1.165) is 17.3 Å². The molecule has 0 fully saturated rings. The van der Waals surface area contributed by atoms with E-state index in [2.05, 4.69) is 37.6 Å². The highest BCUT2D eigenvalue weighted by molar-refractivity contribution is 5.96. The summed E-state index contributed by atoms with van der Waals surface area (Å²) in [5.41, 5.74) is 2.86. The normalized spacial score (nSPS) is 10.4. The standard InChI is InChI=1S/C21H23N7O3/c1-3-20(29)22-12-21(30)27-16-6-4-5-15(9-16)18-10-19(24-14-23-18)26-17-11-25-28(13-17)7-8-31-2/h3-6,9-11,13-14H,1,7-8,12H2,2H3,(H,22,29)(H,27,30)(H,23,24,26). The van der Waals surface area contributed by atoms with E-state index in [9.17, 15) is 9.59 Å². The first-order valence-corrected chi connectivity index (χ1v) is 9.48. The molecule has 1 aromatic carbocycles. The van der Waals surface area contributed by atoms with Crippen LogP contribution in [0.4, 0.5) is 17.2 Å². The summed E-state index contributed by atoms with van der Waals surface area (Å²) in [5.74, 6) is -0.144. The lowest BCUT2D eigenvalue weighted by Crippen LogP contribution is -2.31. The van der Waals surface area contributed by atoms with Gasteiger partial charge in [-0.2, -0.15) is 5.10 Å². The Bertz CT molecular complexity index is 1060. The number of aromatic nitrogens is 4. The van der Waals surface area contributed by atoms with Gasteiger partial charge in [-0.15, -0.1) is 0 Å². The van der Waals surface area contributed by atoms with Crippen molar-refractivity contribution >= 4 is 29.0 Å². The van der Waals surface area contributed by atoms with Crippen LogP contribution in [0.15, 0.2) is 61.7 Å². The smallest absolute Gasteiger partial charge is 0.243 e. The lowest BCUT2D eigenvalue weighted by atomic mass is 10.1. The number of nitrogens with one attached hydrogen (secondary N) is 3. The number of rotatable bonds is 10. The van der Waals surface area contributed by atoms with Crippen molar-refractivity contribution in [3.63, 3.8) is 0 Å². The molecular weight excluding hydrogens is 398 g/mol. The van der Waals surface area contributed by atoms with Gasteiger partial charge in [0.15, 0.2) is 0 Å². The number of hydrogen-bond donors (Lipinski definition) is 3. The van der Waals surface area contributed by atoms with Gasteiger partial charge in [0.25, 0.3) is 0 Å². The lowest BCUT2D eigenvalue weighted by molar-refractivity contribution is -0.121. The molecule has 3 rings (SSSR count). The summed E-state index contributed by atoms with van der Waals surface area (Å²) in [6, 6.07) is 9.04. The fraction of sp³-hybridized carbons (Fsp3) is 0.190. The first kappa shape index (κ1) is 21.7. The van der Waals surface area contributed by atoms with Gasteiger partial charge >= 0.3 is 0 Å². The summed E-state index contributed by atoms with van der Waals surface area (Å²) >= 11 is 0. The van der Waals surface area contributed by atoms with Crippen molar-refractivity contribution in [3.05, 3.63) is 61.7 Å². The largest absolute Gasteiger partial charge is 0.383 e. The third kappa shape index (κ3) is 6.47. The van der Waals surface area contributed by atoms with Gasteiger partial charge in [-0.1, -0.05) is 18.7 Å². The Kier molecular flexibility index (Phi) is 7.44. The molecule has 160 valence electrons. The maximum atomic E-state index is 12.0. The summed E-state index contributed by atoms with van der Waals surface area (Å²) in [7, 11) is 1.65. The van der Waals surface area contributed by atoms with Crippen LogP contribution < -0.4 is 16.0 Å². The number of methoxy groups -OCH3 is 1. The van der Waals surface area contributed by atoms with Crippen LogP contribution >= 0.6 is 0 Å². The van der Waals surface area contributed by atoms with Crippen molar-refractivity contribution in [2.24, 2.45) is 0 Å². The van der Waals surface area contributed by atoms with E-state index in [1.165, 1.54) is 6.33 Å². The van der Waals surface area contributed by atoms with E-state index in [1.807, 2.05) is 18.3 Å². The van der Waals surface area contributed by atoms with Gasteiger partial charge in [0.05, 0.1) is 37.3 Å². The van der Waals surface area contributed by atoms with Crippen molar-refractivity contribution in [3.8, 4) is 11.3 Å². The maximum Gasteiger partial charge on any atom is 0.243 e. The molecule has 0 aliphatic carbocycles. The molecule has 0 spiro atoms. The minimum atomic E-state index is -0.408. The van der Waals surface area contributed by atoms with E-state index >= 15 is 0 Å². The predicted octanol–water partition coefficient (Wildman–Crippen LogP) is 1.97. The quantitative estimate of drug-likeness (QED) is 0.428. The number of carbonyl (C=O) groups excluding carboxylic acids is 2. The Balaban J connectivity index is 1.67. The van der Waals surface area contributed by atoms with Gasteiger partial charge in [-0.3, -0.25) is 14.3 Å². The molecular formula is C21H23N7O3. The Morgan fingerprint density at radius 1 is 1.23 bits per heavy atom. The summed E-state index contributed by atoms with van der Waals surface area (Å²) in [4.78, 5) is 31.7. The van der Waals surface area contributed by atoms with Crippen LogP contribution in [0, 0.1) is 0 Å². The van der Waals surface area contributed by atoms with E-state index in [-0.39, 0.29) is 12.5 Å². The van der Waals surface area contributed by atoms with Crippen LogP contribution in [0.3, 0.4) is 0 Å². The molecule has 10 heteroatoms. The molecule has 0 radical (unpaired) electrons. The summed E-state index contributed by atoms with van der Waals surface area (Å²) < 4.78 is 6.83. The highest BCUT2D eigenvalue weighted by Crippen LogP contribution is 2.23. The summed E-state index contributed by atoms with van der Waals surface area (Å²) in [6.07, 6.45) is 6.14. The molecule has 0 saturated heterocycles. The van der Waals surface area contributed by atoms with Gasteiger partial charge < -0.3 is 20.7 Å². The van der Waals surface area contributed by atoms with E-state index < -0.39 is 5.91 Å². The summed E-state index contributed by atoms with van der Waals surface area (Å²) in [6.45, 7) is 4.43. The Morgan fingerprint density at radius 2 is 2.10 bits per heavy atom. The molecule has 10 nitrogen and oxygen atoms in total. The van der Waals surface area contributed by atoms with Crippen LogP contribution in [-0.4, -0.2) is 51.8 Å². The van der Waals surface area contributed by atoms with Crippen LogP contribution in [0.5, 0.6) is 0 Å². The van der Waals surface area contributed by atoms with Crippen molar-refractivity contribution < 1.29 is 14.3 Å². The molecule has 2 aromatic heterocycles. The number of amides is 2. The van der Waals surface area contributed by atoms with E-state index in [0.29, 0.717) is 30.4 Å². The zero-order chi connectivity index (χ0) is 22.1. The molecule has 2 heterocycles. The number of hydrogen-bond acceptors (Lipinski definition) is 7. The first-order chi connectivity index (χ1) is 15.1. The van der Waals surface area contributed by atoms with Crippen molar-refractivity contribution in [1.29, 1.82) is 0 Å². The number of nitrogens with zero attached hydrogens (tertiary/aromatic N) is 4. The van der Waals surface area contributed by atoms with Gasteiger partial charge in [-0.05, 0) is 18.2 Å². The van der Waals surface area contributed by atoms with Gasteiger partial charge in [0.2, 0.25) is 11.8 Å². The lowest BCUT2D eigenvalue weighted by Gasteiger charge is -2.09. The second kappa shape index (κ2) is 10.6. The minimum absolute atomic E-state index is 0.144. The number of anilines is 3. The molecule has 3 aromatic rings. The van der Waals surface area contributed by atoms with E-state index in [4.69, 9.17) is 4.74 Å². The Hall–Kier alpha value is -4.05. The number of ether oxygens (including phenoxy) is 1. The van der Waals surface area contributed by atoms with E-state index in [1.54, 1.807) is 36.2 Å². The van der Waals surface area contributed by atoms with Crippen LogP contribution in [0.1, 0.15) is 0 Å². The molecule has 0 unspecified atom stereocenters. The van der Waals surface area contributed by atoms with Crippen LogP contribution in [0.25, 0.3) is 11.3 Å². The van der Waals surface area contributed by atoms with Crippen molar-refractivity contribution in [2.75, 3.05) is 30.9 Å². The SMILES string of the molecule is C=CC(=O)NCC(=O)Nc1cccc(-c2cc(Nc3cnn(CCOC)c3)ncn2)c1. The van der Waals surface area contributed by atoms with Crippen molar-refractivity contribution in [1.82, 2.24) is 25.1 Å². The first-order valence-electron chi connectivity index (χ1n) is 9.48. The average molecular weight is 421 g/mol. The van der Waals surface area contributed by atoms with Crippen molar-refractivity contribution in [2.45, 2.75) is 6.54 Å². The fourth-order valence-electron chi connectivity index (χ4n) is 2.67. The monoisotopic (exact) mass is 421 g/mol. The van der Waals surface area contributed by atoms with Gasteiger partial charge in [-0.25, -0.2) is 9.97 Å². The Morgan fingerprint density at radius 3 is 2.90 bits per heavy atom. The molecule has 31 heavy (non-hydrogen) atoms. The fourth-order valence-corrected chi connectivity index (χ4v) is 2.67. The molecule has 2 amide bonds. The third-order valence-electron chi connectivity index (χ3n) is 4.15. The predicted molar refractivity (Wildman–Crippen MR) is 117 cm³/mol. The number of benzene rings is 1. The molecule has 0 bridgehead atoms.